The van der Waals surface area contributed by atoms with Gasteiger partial charge in [0.25, 0.3) is 0 Å². The lowest BCUT2D eigenvalue weighted by molar-refractivity contribution is 0.982. The summed E-state index contributed by atoms with van der Waals surface area (Å²) in [6.45, 7) is 0. The number of halogens is 3. The third-order valence-corrected chi connectivity index (χ3v) is 4.13. The molecule has 3 rings (SSSR count). The van der Waals surface area contributed by atoms with Crippen molar-refractivity contribution < 1.29 is 0 Å². The molecule has 1 aromatic heterocycles. The van der Waals surface area contributed by atoms with Crippen LogP contribution in [0, 0.1) is 3.57 Å². The van der Waals surface area contributed by atoms with Crippen LogP contribution in [0.25, 0.3) is 16.7 Å². The number of imidazole rings is 1. The number of hydrogen-bond donors (Lipinski definition) is 0. The first-order valence-corrected chi connectivity index (χ1v) is 7.67. The molecule has 0 radical (unpaired) electrons. The summed E-state index contributed by atoms with van der Waals surface area (Å²) in [5, 5.41) is 0.687. The molecule has 0 saturated carbocycles. The van der Waals surface area contributed by atoms with Crippen molar-refractivity contribution in [3.05, 3.63) is 56.9 Å². The molecule has 2 aromatic carbocycles. The molecule has 5 heteroatoms. The monoisotopic (exact) mass is 402 g/mol. The van der Waals surface area contributed by atoms with Gasteiger partial charge in [-0.2, -0.15) is 0 Å². The average Bonchev–Trinajstić information content (AvgIpc) is 2.76. The number of alkyl halides is 1. The second kappa shape index (κ2) is 5.31. The average molecular weight is 403 g/mol. The highest BCUT2D eigenvalue weighted by molar-refractivity contribution is 14.1. The second-order valence-corrected chi connectivity index (χ2v) is 6.00. The van der Waals surface area contributed by atoms with Crippen molar-refractivity contribution >= 4 is 56.8 Å². The van der Waals surface area contributed by atoms with E-state index >= 15 is 0 Å². The molecule has 0 aliphatic rings. The van der Waals surface area contributed by atoms with Crippen LogP contribution in [0.2, 0.25) is 5.02 Å². The molecule has 0 fully saturated rings. The highest BCUT2D eigenvalue weighted by Crippen LogP contribution is 2.28. The number of fused-ring (bicyclic) bond motifs is 1. The number of benzene rings is 2. The van der Waals surface area contributed by atoms with Crippen molar-refractivity contribution in [3.8, 4) is 5.69 Å². The molecule has 0 aliphatic carbocycles. The lowest BCUT2D eigenvalue weighted by Gasteiger charge is -2.09. The predicted octanol–water partition coefficient (Wildman–Crippen LogP) is 5.02. The van der Waals surface area contributed by atoms with Crippen molar-refractivity contribution in [1.82, 2.24) is 9.55 Å². The zero-order chi connectivity index (χ0) is 13.4. The van der Waals surface area contributed by atoms with E-state index in [-0.39, 0.29) is 0 Å². The molecule has 0 unspecified atom stereocenters. The fourth-order valence-corrected chi connectivity index (χ4v) is 2.97. The summed E-state index contributed by atoms with van der Waals surface area (Å²) in [5.41, 5.74) is 2.86. The molecular weight excluding hydrogens is 394 g/mol. The van der Waals surface area contributed by atoms with Gasteiger partial charge in [0, 0.05) is 3.57 Å². The standard InChI is InChI=1S/C14H9Cl2IN2/c15-8-14-18-11-7-9(17)5-6-13(11)19(14)12-4-2-1-3-10(12)16/h1-7H,8H2. The Bertz CT molecular complexity index is 752. The van der Waals surface area contributed by atoms with Gasteiger partial charge in [0.1, 0.15) is 5.82 Å². The molecule has 0 saturated heterocycles. The van der Waals surface area contributed by atoms with Crippen molar-refractivity contribution in [1.29, 1.82) is 0 Å². The van der Waals surface area contributed by atoms with Crippen molar-refractivity contribution in [2.45, 2.75) is 5.88 Å². The van der Waals surface area contributed by atoms with Crippen LogP contribution in [0.3, 0.4) is 0 Å². The first-order valence-electron chi connectivity index (χ1n) is 5.68. The normalized spacial score (nSPS) is 11.1. The molecule has 2 nitrogen and oxygen atoms in total. The van der Waals surface area contributed by atoms with Crippen LogP contribution in [0.15, 0.2) is 42.5 Å². The highest BCUT2D eigenvalue weighted by Gasteiger charge is 2.13. The van der Waals surface area contributed by atoms with Crippen molar-refractivity contribution in [3.63, 3.8) is 0 Å². The van der Waals surface area contributed by atoms with Gasteiger partial charge in [-0.15, -0.1) is 11.6 Å². The van der Waals surface area contributed by atoms with Gasteiger partial charge < -0.3 is 0 Å². The van der Waals surface area contributed by atoms with Crippen LogP contribution in [0.1, 0.15) is 5.82 Å². The largest absolute Gasteiger partial charge is 0.294 e. The van der Waals surface area contributed by atoms with E-state index in [1.165, 1.54) is 0 Å². The molecule has 3 aromatic rings. The number of rotatable bonds is 2. The highest BCUT2D eigenvalue weighted by atomic mass is 127. The van der Waals surface area contributed by atoms with Crippen molar-refractivity contribution in [2.75, 3.05) is 0 Å². The van der Waals surface area contributed by atoms with E-state index < -0.39 is 0 Å². The third-order valence-electron chi connectivity index (χ3n) is 2.90. The van der Waals surface area contributed by atoms with Crippen LogP contribution in [0.4, 0.5) is 0 Å². The second-order valence-electron chi connectivity index (χ2n) is 4.08. The first-order chi connectivity index (χ1) is 9.20. The van der Waals surface area contributed by atoms with E-state index in [9.17, 15) is 0 Å². The Morgan fingerprint density at radius 1 is 1.16 bits per heavy atom. The van der Waals surface area contributed by atoms with Crippen LogP contribution >= 0.6 is 45.8 Å². The zero-order valence-corrected chi connectivity index (χ0v) is 13.4. The molecular formula is C14H9Cl2IN2. The number of aromatic nitrogens is 2. The minimum Gasteiger partial charge on any atom is -0.294 e. The van der Waals surface area contributed by atoms with Gasteiger partial charge in [0.15, 0.2) is 0 Å². The summed E-state index contributed by atoms with van der Waals surface area (Å²) in [5.74, 6) is 1.14. The van der Waals surface area contributed by atoms with Gasteiger partial charge in [0.05, 0.1) is 27.6 Å². The molecule has 96 valence electrons. The minimum atomic E-state index is 0.344. The third kappa shape index (κ3) is 2.35. The summed E-state index contributed by atoms with van der Waals surface area (Å²) in [4.78, 5) is 4.58. The maximum absolute atomic E-state index is 6.28. The lowest BCUT2D eigenvalue weighted by Crippen LogP contribution is -1.99. The summed E-state index contributed by atoms with van der Waals surface area (Å²) in [7, 11) is 0. The van der Waals surface area contributed by atoms with Crippen LogP contribution < -0.4 is 0 Å². The minimum absolute atomic E-state index is 0.344. The maximum Gasteiger partial charge on any atom is 0.129 e. The van der Waals surface area contributed by atoms with E-state index in [1.54, 1.807) is 0 Å². The van der Waals surface area contributed by atoms with Gasteiger partial charge in [-0.3, -0.25) is 4.57 Å². The Labute approximate surface area is 134 Å². The van der Waals surface area contributed by atoms with Crippen LogP contribution in [-0.4, -0.2) is 9.55 Å². The Kier molecular flexibility index (Phi) is 3.69. The molecule has 0 aliphatic heterocycles. The maximum atomic E-state index is 6.28. The zero-order valence-electron chi connectivity index (χ0n) is 9.78. The molecule has 1 heterocycles. The van der Waals surface area contributed by atoms with Gasteiger partial charge >= 0.3 is 0 Å². The topological polar surface area (TPSA) is 17.8 Å². The number of hydrogen-bond acceptors (Lipinski definition) is 1. The summed E-state index contributed by atoms with van der Waals surface area (Å²) in [6, 6.07) is 13.8. The van der Waals surface area contributed by atoms with E-state index in [1.807, 2.05) is 41.0 Å². The molecule has 0 spiro atoms. The molecule has 19 heavy (non-hydrogen) atoms. The van der Waals surface area contributed by atoms with E-state index in [4.69, 9.17) is 23.2 Å². The number of nitrogens with zero attached hydrogens (tertiary/aromatic N) is 2. The quantitative estimate of drug-likeness (QED) is 0.434. The van der Waals surface area contributed by atoms with E-state index in [0.717, 1.165) is 26.1 Å². The molecule has 0 atom stereocenters. The molecule has 0 bridgehead atoms. The summed E-state index contributed by atoms with van der Waals surface area (Å²) >= 11 is 14.6. The smallest absolute Gasteiger partial charge is 0.129 e. The summed E-state index contributed by atoms with van der Waals surface area (Å²) < 4.78 is 3.16. The van der Waals surface area contributed by atoms with Crippen molar-refractivity contribution in [2.24, 2.45) is 0 Å². The lowest BCUT2D eigenvalue weighted by atomic mass is 10.3. The Balaban J connectivity index is 2.36. The molecule has 0 amide bonds. The Morgan fingerprint density at radius 2 is 1.95 bits per heavy atom. The molecule has 0 N–H and O–H groups in total. The van der Waals surface area contributed by atoms with Crippen LogP contribution in [0.5, 0.6) is 0 Å². The van der Waals surface area contributed by atoms with E-state index in [2.05, 4.69) is 33.6 Å². The predicted molar refractivity (Wildman–Crippen MR) is 88.4 cm³/mol. The fraction of sp³-hybridized carbons (Fsp3) is 0.0714. The van der Waals surface area contributed by atoms with Gasteiger partial charge in [0.2, 0.25) is 0 Å². The number of para-hydroxylation sites is 1. The van der Waals surface area contributed by atoms with Crippen LogP contribution in [-0.2, 0) is 5.88 Å². The summed E-state index contributed by atoms with van der Waals surface area (Å²) in [6.07, 6.45) is 0. The SMILES string of the molecule is ClCc1nc2cc(I)ccc2n1-c1ccccc1Cl. The van der Waals surface area contributed by atoms with Gasteiger partial charge in [-0.25, -0.2) is 4.98 Å². The fourth-order valence-electron chi connectivity index (χ4n) is 2.09. The van der Waals surface area contributed by atoms with Gasteiger partial charge in [-0.1, -0.05) is 23.7 Å². The van der Waals surface area contributed by atoms with Gasteiger partial charge in [-0.05, 0) is 52.9 Å². The first kappa shape index (κ1) is 13.2. The van der Waals surface area contributed by atoms with E-state index in [0.29, 0.717) is 10.9 Å². The Hall–Kier alpha value is -0.780. The Morgan fingerprint density at radius 3 is 2.68 bits per heavy atom.